The van der Waals surface area contributed by atoms with Crippen LogP contribution in [0.25, 0.3) is 99.9 Å². The Morgan fingerprint density at radius 2 is 0.929 bits per heavy atom. The predicted molar refractivity (Wildman–Crippen MR) is 232 cm³/mol. The Labute approximate surface area is 324 Å². The van der Waals surface area contributed by atoms with Crippen molar-refractivity contribution in [1.29, 1.82) is 0 Å². The molecular weight excluding hydrogens is 681 g/mol. The van der Waals surface area contributed by atoms with Crippen molar-refractivity contribution in [3.63, 3.8) is 0 Å². The third kappa shape index (κ3) is 5.23. The van der Waals surface area contributed by atoms with Gasteiger partial charge in [0.05, 0.1) is 27.9 Å². The van der Waals surface area contributed by atoms with E-state index < -0.39 is 0 Å². The van der Waals surface area contributed by atoms with Crippen LogP contribution in [0.1, 0.15) is 0 Å². The lowest BCUT2D eigenvalue weighted by Crippen LogP contribution is -1.95. The van der Waals surface area contributed by atoms with Crippen LogP contribution in [-0.4, -0.2) is 19.1 Å². The van der Waals surface area contributed by atoms with Crippen molar-refractivity contribution >= 4 is 43.7 Å². The Morgan fingerprint density at radius 3 is 1.70 bits per heavy atom. The Kier molecular flexibility index (Phi) is 7.46. The summed E-state index contributed by atoms with van der Waals surface area (Å²) in [6.07, 6.45) is 1.88. The molecule has 0 bridgehead atoms. The van der Waals surface area contributed by atoms with E-state index in [2.05, 4.69) is 197 Å². The molecule has 0 fully saturated rings. The van der Waals surface area contributed by atoms with Gasteiger partial charge in [-0.05, 0) is 95.1 Å². The number of benzene rings is 7. The quantitative estimate of drug-likeness (QED) is 0.172. The molecule has 0 aliphatic rings. The highest BCUT2D eigenvalue weighted by Gasteiger charge is 2.19. The van der Waals surface area contributed by atoms with E-state index in [-0.39, 0.29) is 0 Å². The van der Waals surface area contributed by atoms with E-state index in [1.807, 2.05) is 18.3 Å². The molecule has 4 aromatic heterocycles. The van der Waals surface area contributed by atoms with Crippen molar-refractivity contribution in [3.05, 3.63) is 206 Å². The van der Waals surface area contributed by atoms with Crippen molar-refractivity contribution in [2.75, 3.05) is 0 Å². The molecule has 0 amide bonds. The summed E-state index contributed by atoms with van der Waals surface area (Å²) in [7, 11) is 0. The summed E-state index contributed by atoms with van der Waals surface area (Å²) >= 11 is 0. The van der Waals surface area contributed by atoms with Crippen molar-refractivity contribution < 1.29 is 0 Å². The zero-order valence-electron chi connectivity index (χ0n) is 30.4. The third-order valence-corrected chi connectivity index (χ3v) is 11.0. The maximum atomic E-state index is 5.18. The van der Waals surface area contributed by atoms with Gasteiger partial charge >= 0.3 is 0 Å². The minimum atomic E-state index is 0.945. The summed E-state index contributed by atoms with van der Waals surface area (Å²) in [6.45, 7) is 0. The highest BCUT2D eigenvalue weighted by Crippen LogP contribution is 2.41. The van der Waals surface area contributed by atoms with Gasteiger partial charge < -0.3 is 4.57 Å². The molecule has 4 heteroatoms. The summed E-state index contributed by atoms with van der Waals surface area (Å²) in [5.74, 6) is 0. The zero-order valence-corrected chi connectivity index (χ0v) is 30.4. The van der Waals surface area contributed by atoms with Crippen molar-refractivity contribution in [2.24, 2.45) is 0 Å². The molecular formula is C52H34N4. The Hall–Kier alpha value is -7.56. The summed E-state index contributed by atoms with van der Waals surface area (Å²) in [4.78, 5) is 10.0. The SMILES string of the molecule is c1ccc(-c2cc(-c3ccccc3)nc(-c3ccc(-n4c5ccccc5c5c(-c6ccc7c(c6)c6cccnc6n7-c6ccccc6)cccc54)cc3)c2)cc1. The van der Waals surface area contributed by atoms with E-state index in [9.17, 15) is 0 Å². The average molecular weight is 715 g/mol. The summed E-state index contributed by atoms with van der Waals surface area (Å²) in [5, 5.41) is 4.79. The fourth-order valence-electron chi connectivity index (χ4n) is 8.40. The molecule has 4 nitrogen and oxygen atoms in total. The van der Waals surface area contributed by atoms with Crippen LogP contribution in [0.15, 0.2) is 206 Å². The maximum Gasteiger partial charge on any atom is 0.145 e. The van der Waals surface area contributed by atoms with Gasteiger partial charge in [0.2, 0.25) is 0 Å². The number of fused-ring (bicyclic) bond motifs is 6. The van der Waals surface area contributed by atoms with Crippen LogP contribution in [0.4, 0.5) is 0 Å². The van der Waals surface area contributed by atoms with Crippen molar-refractivity contribution in [3.8, 4) is 56.1 Å². The van der Waals surface area contributed by atoms with Crippen molar-refractivity contribution in [2.45, 2.75) is 0 Å². The topological polar surface area (TPSA) is 35.6 Å². The van der Waals surface area contributed by atoms with Gasteiger partial charge in [-0.2, -0.15) is 0 Å². The standard InChI is InChI=1S/C52H34N4/c1-4-14-35(15-5-1)39-33-46(36-16-6-2-7-17-36)54-47(34-39)37-25-28-41(29-26-37)55-48-23-11-10-20-44(48)51-42(21-12-24-50(51)55)38-27-30-49-45(32-38)43-22-13-31-53-52(43)56(49)40-18-8-3-9-19-40/h1-34H. The van der Waals surface area contributed by atoms with E-state index in [0.29, 0.717) is 0 Å². The molecule has 262 valence electrons. The number of pyridine rings is 2. The summed E-state index contributed by atoms with van der Waals surface area (Å²) in [6, 6.07) is 71.2. The molecule has 11 rings (SSSR count). The predicted octanol–water partition coefficient (Wildman–Crippen LogP) is 13.3. The van der Waals surface area contributed by atoms with Crippen LogP contribution in [0.5, 0.6) is 0 Å². The number of aromatic nitrogens is 4. The van der Waals surface area contributed by atoms with Gasteiger partial charge in [-0.25, -0.2) is 9.97 Å². The lowest BCUT2D eigenvalue weighted by atomic mass is 9.98. The lowest BCUT2D eigenvalue weighted by Gasteiger charge is -2.12. The molecule has 0 atom stereocenters. The number of para-hydroxylation sites is 2. The molecule has 0 spiro atoms. The largest absolute Gasteiger partial charge is 0.309 e. The molecule has 0 saturated carbocycles. The average Bonchev–Trinajstić information content (AvgIpc) is 3.80. The number of rotatable bonds is 6. The van der Waals surface area contributed by atoms with Crippen LogP contribution >= 0.6 is 0 Å². The van der Waals surface area contributed by atoms with Gasteiger partial charge in [0.1, 0.15) is 5.65 Å². The van der Waals surface area contributed by atoms with Crippen LogP contribution in [0.3, 0.4) is 0 Å². The number of nitrogens with zero attached hydrogens (tertiary/aromatic N) is 4. The fourth-order valence-corrected chi connectivity index (χ4v) is 8.40. The van der Waals surface area contributed by atoms with E-state index in [4.69, 9.17) is 9.97 Å². The highest BCUT2D eigenvalue weighted by molar-refractivity contribution is 6.17. The molecule has 0 unspecified atom stereocenters. The van der Waals surface area contributed by atoms with E-state index in [1.165, 1.54) is 43.9 Å². The molecule has 0 N–H and O–H groups in total. The molecule has 0 saturated heterocycles. The molecule has 0 aliphatic heterocycles. The van der Waals surface area contributed by atoms with Gasteiger partial charge in [-0.1, -0.05) is 127 Å². The monoisotopic (exact) mass is 714 g/mol. The Balaban J connectivity index is 1.05. The fraction of sp³-hybridized carbons (Fsp3) is 0. The second-order valence-corrected chi connectivity index (χ2v) is 14.2. The summed E-state index contributed by atoms with van der Waals surface area (Å²) < 4.78 is 4.66. The normalized spacial score (nSPS) is 11.6. The van der Waals surface area contributed by atoms with Crippen LogP contribution in [0.2, 0.25) is 0 Å². The van der Waals surface area contributed by atoms with Crippen LogP contribution < -0.4 is 0 Å². The zero-order chi connectivity index (χ0) is 37.0. The minimum absolute atomic E-state index is 0.945. The second-order valence-electron chi connectivity index (χ2n) is 14.2. The molecule has 7 aromatic carbocycles. The second kappa shape index (κ2) is 13.1. The van der Waals surface area contributed by atoms with Crippen LogP contribution in [-0.2, 0) is 0 Å². The van der Waals surface area contributed by atoms with Gasteiger partial charge in [-0.15, -0.1) is 0 Å². The third-order valence-electron chi connectivity index (χ3n) is 11.0. The van der Waals surface area contributed by atoms with Gasteiger partial charge in [-0.3, -0.25) is 4.57 Å². The molecule has 56 heavy (non-hydrogen) atoms. The van der Waals surface area contributed by atoms with Gasteiger partial charge in [0.25, 0.3) is 0 Å². The first kappa shape index (κ1) is 31.9. The smallest absolute Gasteiger partial charge is 0.145 e. The maximum absolute atomic E-state index is 5.18. The van der Waals surface area contributed by atoms with E-state index in [1.54, 1.807) is 0 Å². The molecule has 0 radical (unpaired) electrons. The van der Waals surface area contributed by atoms with Gasteiger partial charge in [0.15, 0.2) is 0 Å². The number of hydrogen-bond acceptors (Lipinski definition) is 2. The molecule has 4 heterocycles. The molecule has 0 aliphatic carbocycles. The van der Waals surface area contributed by atoms with E-state index in [0.717, 1.165) is 56.0 Å². The van der Waals surface area contributed by atoms with Gasteiger partial charge in [0, 0.05) is 50.2 Å². The Morgan fingerprint density at radius 1 is 0.339 bits per heavy atom. The first-order valence-corrected chi connectivity index (χ1v) is 19.0. The highest BCUT2D eigenvalue weighted by atomic mass is 15.0. The first-order valence-electron chi connectivity index (χ1n) is 19.0. The van der Waals surface area contributed by atoms with Crippen molar-refractivity contribution in [1.82, 2.24) is 19.1 Å². The summed E-state index contributed by atoms with van der Waals surface area (Å²) in [5.41, 5.74) is 15.4. The number of hydrogen-bond donors (Lipinski definition) is 0. The Bertz CT molecular complexity index is 3160. The lowest BCUT2D eigenvalue weighted by molar-refractivity contribution is 1.14. The van der Waals surface area contributed by atoms with Crippen LogP contribution in [0, 0.1) is 0 Å². The first-order chi connectivity index (χ1) is 27.8. The molecule has 11 aromatic rings. The van der Waals surface area contributed by atoms with E-state index >= 15 is 0 Å². The minimum Gasteiger partial charge on any atom is -0.309 e.